The molecule has 0 amide bonds. The van der Waals surface area contributed by atoms with Crippen molar-refractivity contribution in [2.45, 2.75) is 13.5 Å². The minimum Gasteiger partial charge on any atom is -0.478 e. The molecule has 4 heteroatoms. The fourth-order valence-electron chi connectivity index (χ4n) is 1.84. The fraction of sp³-hybridized carbons (Fsp3) is 0.133. The molecule has 0 heterocycles. The summed E-state index contributed by atoms with van der Waals surface area (Å²) in [6, 6.07) is 11.2. The van der Waals surface area contributed by atoms with E-state index in [0.717, 1.165) is 16.8 Å². The summed E-state index contributed by atoms with van der Waals surface area (Å²) in [6.45, 7) is 2.32. The van der Waals surface area contributed by atoms with Gasteiger partial charge in [-0.15, -0.1) is 0 Å². The van der Waals surface area contributed by atoms with Crippen molar-refractivity contribution in [2.24, 2.45) is 0 Å². The third-order valence-corrected chi connectivity index (χ3v) is 2.85. The Morgan fingerprint density at radius 2 is 2.05 bits per heavy atom. The van der Waals surface area contributed by atoms with Crippen LogP contribution >= 0.6 is 0 Å². The molecule has 0 aliphatic rings. The van der Waals surface area contributed by atoms with E-state index in [1.165, 1.54) is 12.1 Å². The zero-order valence-corrected chi connectivity index (χ0v) is 10.5. The first-order chi connectivity index (χ1) is 9.06. The Kier molecular flexibility index (Phi) is 3.80. The second-order valence-corrected chi connectivity index (χ2v) is 4.32. The lowest BCUT2D eigenvalue weighted by atomic mass is 10.1. The predicted octanol–water partition coefficient (Wildman–Crippen LogP) is 3.44. The van der Waals surface area contributed by atoms with E-state index in [0.29, 0.717) is 6.54 Å². The van der Waals surface area contributed by atoms with Gasteiger partial charge in [0, 0.05) is 12.2 Å². The molecule has 2 aromatic carbocycles. The van der Waals surface area contributed by atoms with Gasteiger partial charge in [-0.05, 0) is 48.4 Å². The lowest BCUT2D eigenvalue weighted by molar-refractivity contribution is 0.0697. The van der Waals surface area contributed by atoms with Gasteiger partial charge in [-0.1, -0.05) is 12.1 Å². The number of carboxylic acid groups (broad SMARTS) is 1. The number of hydrogen-bond acceptors (Lipinski definition) is 2. The minimum atomic E-state index is -0.945. The molecule has 0 aliphatic heterocycles. The Morgan fingerprint density at radius 3 is 2.68 bits per heavy atom. The average molecular weight is 259 g/mol. The van der Waals surface area contributed by atoms with E-state index in [4.69, 9.17) is 5.11 Å². The number of anilines is 1. The van der Waals surface area contributed by atoms with Crippen molar-refractivity contribution in [3.8, 4) is 0 Å². The summed E-state index contributed by atoms with van der Waals surface area (Å²) in [4.78, 5) is 10.8. The highest BCUT2D eigenvalue weighted by Crippen LogP contribution is 2.17. The van der Waals surface area contributed by atoms with Gasteiger partial charge in [-0.25, -0.2) is 9.18 Å². The molecule has 2 N–H and O–H groups in total. The van der Waals surface area contributed by atoms with Crippen LogP contribution in [-0.4, -0.2) is 11.1 Å². The van der Waals surface area contributed by atoms with Gasteiger partial charge >= 0.3 is 5.97 Å². The minimum absolute atomic E-state index is 0.258. The molecule has 0 radical (unpaired) electrons. The number of benzene rings is 2. The highest BCUT2D eigenvalue weighted by molar-refractivity contribution is 5.88. The van der Waals surface area contributed by atoms with Gasteiger partial charge in [0.2, 0.25) is 0 Å². The summed E-state index contributed by atoms with van der Waals surface area (Å²) in [6.07, 6.45) is 0. The summed E-state index contributed by atoms with van der Waals surface area (Å²) >= 11 is 0. The second-order valence-electron chi connectivity index (χ2n) is 4.32. The van der Waals surface area contributed by atoms with E-state index in [1.807, 2.05) is 13.0 Å². The first-order valence-corrected chi connectivity index (χ1v) is 5.88. The molecule has 0 bridgehead atoms. The molecule has 0 saturated carbocycles. The molecule has 98 valence electrons. The molecule has 0 aromatic heterocycles. The van der Waals surface area contributed by atoms with Gasteiger partial charge in [-0.2, -0.15) is 0 Å². The van der Waals surface area contributed by atoms with Crippen molar-refractivity contribution >= 4 is 11.7 Å². The number of aromatic carboxylic acids is 1. The average Bonchev–Trinajstić information content (AvgIpc) is 2.37. The quantitative estimate of drug-likeness (QED) is 0.884. The molecule has 2 aromatic rings. The topological polar surface area (TPSA) is 49.3 Å². The number of carbonyl (C=O) groups is 1. The standard InChI is InChI=1S/C15H14FNO2/c1-10-7-12(15(18)19)5-6-14(10)17-9-11-3-2-4-13(16)8-11/h2-8,17H,9H2,1H3,(H,18,19). The molecular formula is C15H14FNO2. The van der Waals surface area contributed by atoms with Gasteiger partial charge in [0.05, 0.1) is 5.56 Å². The van der Waals surface area contributed by atoms with Gasteiger partial charge in [0.25, 0.3) is 0 Å². The number of aryl methyl sites for hydroxylation is 1. The lowest BCUT2D eigenvalue weighted by Gasteiger charge is -2.10. The molecular weight excluding hydrogens is 245 g/mol. The maximum Gasteiger partial charge on any atom is 0.335 e. The van der Waals surface area contributed by atoms with Crippen molar-refractivity contribution in [1.82, 2.24) is 0 Å². The van der Waals surface area contributed by atoms with Crippen molar-refractivity contribution in [3.05, 3.63) is 65.0 Å². The van der Waals surface area contributed by atoms with Crippen molar-refractivity contribution in [1.29, 1.82) is 0 Å². The molecule has 0 fully saturated rings. The van der Waals surface area contributed by atoms with Crippen LogP contribution < -0.4 is 5.32 Å². The van der Waals surface area contributed by atoms with Gasteiger partial charge in [-0.3, -0.25) is 0 Å². The number of halogens is 1. The molecule has 3 nitrogen and oxygen atoms in total. The Balaban J connectivity index is 2.10. The van der Waals surface area contributed by atoms with Crippen molar-refractivity contribution < 1.29 is 14.3 Å². The summed E-state index contributed by atoms with van der Waals surface area (Å²) in [7, 11) is 0. The third kappa shape index (κ3) is 3.31. The van der Waals surface area contributed by atoms with Crippen LogP contribution in [0, 0.1) is 12.7 Å². The maximum atomic E-state index is 13.0. The van der Waals surface area contributed by atoms with Crippen LogP contribution in [0.4, 0.5) is 10.1 Å². The summed E-state index contributed by atoms with van der Waals surface area (Å²) in [5.74, 6) is -1.21. The summed E-state index contributed by atoms with van der Waals surface area (Å²) in [5.41, 5.74) is 2.78. The molecule has 0 spiro atoms. The fourth-order valence-corrected chi connectivity index (χ4v) is 1.84. The van der Waals surface area contributed by atoms with E-state index in [2.05, 4.69) is 5.32 Å². The third-order valence-electron chi connectivity index (χ3n) is 2.85. The van der Waals surface area contributed by atoms with Crippen LogP contribution in [0.15, 0.2) is 42.5 Å². The van der Waals surface area contributed by atoms with E-state index in [1.54, 1.807) is 24.3 Å². The van der Waals surface area contributed by atoms with Crippen LogP contribution in [0.1, 0.15) is 21.5 Å². The number of nitrogens with one attached hydrogen (secondary N) is 1. The first-order valence-electron chi connectivity index (χ1n) is 5.88. The number of rotatable bonds is 4. The zero-order valence-electron chi connectivity index (χ0n) is 10.5. The molecule has 0 unspecified atom stereocenters. The van der Waals surface area contributed by atoms with E-state index < -0.39 is 5.97 Å². The zero-order chi connectivity index (χ0) is 13.8. The highest BCUT2D eigenvalue weighted by atomic mass is 19.1. The molecule has 0 aliphatic carbocycles. The van der Waals surface area contributed by atoms with Gasteiger partial charge < -0.3 is 10.4 Å². The van der Waals surface area contributed by atoms with Crippen molar-refractivity contribution in [2.75, 3.05) is 5.32 Å². The van der Waals surface area contributed by atoms with Crippen LogP contribution in [0.3, 0.4) is 0 Å². The number of carboxylic acids is 1. The van der Waals surface area contributed by atoms with E-state index >= 15 is 0 Å². The summed E-state index contributed by atoms with van der Waals surface area (Å²) in [5, 5.41) is 12.0. The smallest absolute Gasteiger partial charge is 0.335 e. The molecule has 2 rings (SSSR count). The highest BCUT2D eigenvalue weighted by Gasteiger charge is 2.05. The molecule has 0 saturated heterocycles. The first kappa shape index (κ1) is 13.1. The largest absolute Gasteiger partial charge is 0.478 e. The van der Waals surface area contributed by atoms with E-state index in [-0.39, 0.29) is 11.4 Å². The van der Waals surface area contributed by atoms with Crippen LogP contribution in [0.2, 0.25) is 0 Å². The Bertz CT molecular complexity index is 611. The molecule has 0 atom stereocenters. The summed E-state index contributed by atoms with van der Waals surface area (Å²) < 4.78 is 13.0. The van der Waals surface area contributed by atoms with Gasteiger partial charge in [0.1, 0.15) is 5.82 Å². The van der Waals surface area contributed by atoms with Crippen molar-refractivity contribution in [3.63, 3.8) is 0 Å². The normalized spacial score (nSPS) is 10.2. The Labute approximate surface area is 110 Å². The molecule has 19 heavy (non-hydrogen) atoms. The predicted molar refractivity (Wildman–Crippen MR) is 71.9 cm³/mol. The van der Waals surface area contributed by atoms with Crippen LogP contribution in [0.25, 0.3) is 0 Å². The second kappa shape index (κ2) is 5.52. The maximum absolute atomic E-state index is 13.0. The Morgan fingerprint density at radius 1 is 1.26 bits per heavy atom. The van der Waals surface area contributed by atoms with Gasteiger partial charge in [0.15, 0.2) is 0 Å². The van der Waals surface area contributed by atoms with Crippen LogP contribution in [0.5, 0.6) is 0 Å². The Hall–Kier alpha value is -2.36. The van der Waals surface area contributed by atoms with Crippen LogP contribution in [-0.2, 0) is 6.54 Å². The number of hydrogen-bond donors (Lipinski definition) is 2. The lowest BCUT2D eigenvalue weighted by Crippen LogP contribution is -2.03. The van der Waals surface area contributed by atoms with E-state index in [9.17, 15) is 9.18 Å². The SMILES string of the molecule is Cc1cc(C(=O)O)ccc1NCc1cccc(F)c1. The monoisotopic (exact) mass is 259 g/mol.